The Morgan fingerprint density at radius 2 is 1.85 bits per heavy atom. The summed E-state index contributed by atoms with van der Waals surface area (Å²) in [5.74, 6) is 1.62. The van der Waals surface area contributed by atoms with E-state index in [9.17, 15) is 0 Å². The van der Waals surface area contributed by atoms with E-state index in [-0.39, 0.29) is 0 Å². The molecule has 13 heavy (non-hydrogen) atoms. The number of halogens is 1. The molecule has 0 fully saturated rings. The largest absolute Gasteiger partial charge is 0.497 e. The van der Waals surface area contributed by atoms with Crippen LogP contribution < -0.4 is 9.47 Å². The summed E-state index contributed by atoms with van der Waals surface area (Å²) in [6, 6.07) is 7.39. The Kier molecular flexibility index (Phi) is 4.19. The summed E-state index contributed by atoms with van der Waals surface area (Å²) in [6.07, 6.45) is 1.73. The highest BCUT2D eigenvalue weighted by atomic mass is 35.5. The summed E-state index contributed by atoms with van der Waals surface area (Å²) in [7, 11) is 1.63. The second kappa shape index (κ2) is 5.49. The minimum Gasteiger partial charge on any atom is -0.497 e. The zero-order chi connectivity index (χ0) is 9.52. The van der Waals surface area contributed by atoms with Gasteiger partial charge >= 0.3 is 0 Å². The Balaban J connectivity index is 2.49. The van der Waals surface area contributed by atoms with Crippen molar-refractivity contribution < 1.29 is 9.47 Å². The van der Waals surface area contributed by atoms with E-state index in [1.807, 2.05) is 24.3 Å². The van der Waals surface area contributed by atoms with Crippen molar-refractivity contribution >= 4 is 11.6 Å². The van der Waals surface area contributed by atoms with Crippen LogP contribution in [0.25, 0.3) is 0 Å². The molecule has 0 amide bonds. The highest BCUT2D eigenvalue weighted by molar-refractivity contribution is 6.25. The second-order valence-electron chi connectivity index (χ2n) is 2.35. The van der Waals surface area contributed by atoms with Crippen molar-refractivity contribution in [1.29, 1.82) is 0 Å². The van der Waals surface area contributed by atoms with Crippen LogP contribution in [0, 0.1) is 0 Å². The molecule has 0 unspecified atom stereocenters. The predicted octanol–water partition coefficient (Wildman–Crippen LogP) is 2.83. The van der Waals surface area contributed by atoms with Gasteiger partial charge in [-0.25, -0.2) is 0 Å². The van der Waals surface area contributed by atoms with Gasteiger partial charge in [-0.1, -0.05) is 11.6 Å². The Bertz CT molecular complexity index is 267. The average molecular weight is 199 g/mol. The van der Waals surface area contributed by atoms with Crippen molar-refractivity contribution in [2.24, 2.45) is 0 Å². The van der Waals surface area contributed by atoms with Crippen LogP contribution in [0.1, 0.15) is 0 Å². The molecule has 0 N–H and O–H groups in total. The molecule has 70 valence electrons. The van der Waals surface area contributed by atoms with Crippen LogP contribution in [0.2, 0.25) is 0 Å². The highest BCUT2D eigenvalue weighted by Gasteiger charge is 1.92. The molecule has 0 saturated carbocycles. The van der Waals surface area contributed by atoms with Gasteiger partial charge in [-0.05, 0) is 30.3 Å². The fourth-order valence-corrected chi connectivity index (χ4v) is 0.925. The molecule has 0 saturated heterocycles. The molecule has 0 bridgehead atoms. The number of hydrogen-bond donors (Lipinski definition) is 0. The minimum atomic E-state index is 0.482. The third-order valence-corrected chi connectivity index (χ3v) is 1.67. The van der Waals surface area contributed by atoms with E-state index in [1.54, 1.807) is 13.2 Å². The fraction of sp³-hybridized carbons (Fsp3) is 0.200. The van der Waals surface area contributed by atoms with Crippen LogP contribution >= 0.6 is 11.6 Å². The standard InChI is InChI=1S/C10H11ClO2/c1-12-9-3-5-10(6-4-9)13-8-2-7-11/h2-7H,8H2,1H3/b7-2+. The zero-order valence-corrected chi connectivity index (χ0v) is 8.12. The summed E-state index contributed by atoms with van der Waals surface area (Å²) in [5.41, 5.74) is 1.43. The summed E-state index contributed by atoms with van der Waals surface area (Å²) < 4.78 is 10.3. The molecule has 0 heterocycles. The van der Waals surface area contributed by atoms with Crippen molar-refractivity contribution in [3.05, 3.63) is 35.9 Å². The van der Waals surface area contributed by atoms with Gasteiger partial charge in [0.05, 0.1) is 7.11 Å². The van der Waals surface area contributed by atoms with Crippen molar-refractivity contribution in [3.63, 3.8) is 0 Å². The molecule has 0 radical (unpaired) electrons. The quantitative estimate of drug-likeness (QED) is 0.741. The minimum absolute atomic E-state index is 0.482. The first kappa shape index (κ1) is 9.93. The van der Waals surface area contributed by atoms with Crippen molar-refractivity contribution in [2.75, 3.05) is 13.7 Å². The fourth-order valence-electron chi connectivity index (χ4n) is 0.853. The Morgan fingerprint density at radius 3 is 2.38 bits per heavy atom. The highest BCUT2D eigenvalue weighted by Crippen LogP contribution is 2.16. The number of rotatable bonds is 4. The average Bonchev–Trinajstić information content (AvgIpc) is 2.19. The maximum atomic E-state index is 5.33. The molecule has 3 heteroatoms. The Labute approximate surface area is 82.7 Å². The van der Waals surface area contributed by atoms with E-state index in [2.05, 4.69) is 0 Å². The van der Waals surface area contributed by atoms with Crippen LogP contribution in [-0.2, 0) is 0 Å². The van der Waals surface area contributed by atoms with Gasteiger partial charge in [0.25, 0.3) is 0 Å². The van der Waals surface area contributed by atoms with Gasteiger partial charge in [0.1, 0.15) is 18.1 Å². The topological polar surface area (TPSA) is 18.5 Å². The van der Waals surface area contributed by atoms with Crippen LogP contribution in [-0.4, -0.2) is 13.7 Å². The van der Waals surface area contributed by atoms with E-state index < -0.39 is 0 Å². The molecular weight excluding hydrogens is 188 g/mol. The van der Waals surface area contributed by atoms with E-state index in [4.69, 9.17) is 21.1 Å². The molecule has 1 rings (SSSR count). The monoisotopic (exact) mass is 198 g/mol. The first-order valence-corrected chi connectivity index (χ1v) is 4.32. The number of methoxy groups -OCH3 is 1. The van der Waals surface area contributed by atoms with Crippen molar-refractivity contribution in [1.82, 2.24) is 0 Å². The van der Waals surface area contributed by atoms with Crippen LogP contribution in [0.4, 0.5) is 0 Å². The zero-order valence-electron chi connectivity index (χ0n) is 7.37. The maximum Gasteiger partial charge on any atom is 0.120 e. The van der Waals surface area contributed by atoms with Gasteiger partial charge in [-0.3, -0.25) is 0 Å². The van der Waals surface area contributed by atoms with E-state index in [0.717, 1.165) is 11.5 Å². The molecule has 1 aromatic carbocycles. The number of hydrogen-bond acceptors (Lipinski definition) is 2. The molecule has 0 aromatic heterocycles. The van der Waals surface area contributed by atoms with Gasteiger partial charge in [0, 0.05) is 5.54 Å². The van der Waals surface area contributed by atoms with Crippen LogP contribution in [0.3, 0.4) is 0 Å². The van der Waals surface area contributed by atoms with E-state index in [0.29, 0.717) is 6.61 Å². The summed E-state index contributed by atoms with van der Waals surface area (Å²) in [4.78, 5) is 0. The Hall–Kier alpha value is -1.15. The molecule has 0 spiro atoms. The SMILES string of the molecule is COc1ccc(OC/C=C/Cl)cc1. The Morgan fingerprint density at radius 1 is 1.23 bits per heavy atom. The van der Waals surface area contributed by atoms with Gasteiger partial charge in [0.15, 0.2) is 0 Å². The lowest BCUT2D eigenvalue weighted by Gasteiger charge is -2.03. The van der Waals surface area contributed by atoms with Crippen molar-refractivity contribution in [2.45, 2.75) is 0 Å². The second-order valence-corrected chi connectivity index (χ2v) is 2.60. The predicted molar refractivity (Wildman–Crippen MR) is 53.5 cm³/mol. The summed E-state index contributed by atoms with van der Waals surface area (Å²) >= 11 is 5.33. The lowest BCUT2D eigenvalue weighted by molar-refractivity contribution is 0.361. The smallest absolute Gasteiger partial charge is 0.120 e. The van der Waals surface area contributed by atoms with Gasteiger partial charge in [-0.2, -0.15) is 0 Å². The molecule has 0 aliphatic rings. The molecule has 2 nitrogen and oxygen atoms in total. The normalized spacial score (nSPS) is 10.3. The first-order valence-electron chi connectivity index (χ1n) is 3.89. The summed E-state index contributed by atoms with van der Waals surface area (Å²) in [5, 5.41) is 0. The third kappa shape index (κ3) is 3.38. The van der Waals surface area contributed by atoms with E-state index in [1.165, 1.54) is 5.54 Å². The van der Waals surface area contributed by atoms with Crippen molar-refractivity contribution in [3.8, 4) is 11.5 Å². The van der Waals surface area contributed by atoms with Gasteiger partial charge < -0.3 is 9.47 Å². The lowest BCUT2D eigenvalue weighted by Crippen LogP contribution is -1.92. The third-order valence-electron chi connectivity index (χ3n) is 1.49. The molecule has 0 atom stereocenters. The van der Waals surface area contributed by atoms with Crippen LogP contribution in [0.5, 0.6) is 11.5 Å². The maximum absolute atomic E-state index is 5.33. The first-order chi connectivity index (χ1) is 6.36. The number of ether oxygens (including phenoxy) is 2. The van der Waals surface area contributed by atoms with Crippen LogP contribution in [0.15, 0.2) is 35.9 Å². The molecule has 1 aromatic rings. The summed E-state index contributed by atoms with van der Waals surface area (Å²) in [6.45, 7) is 0.482. The van der Waals surface area contributed by atoms with Gasteiger partial charge in [-0.15, -0.1) is 0 Å². The van der Waals surface area contributed by atoms with Gasteiger partial charge in [0.2, 0.25) is 0 Å². The molecular formula is C10H11ClO2. The molecule has 0 aliphatic heterocycles. The van der Waals surface area contributed by atoms with E-state index >= 15 is 0 Å². The lowest BCUT2D eigenvalue weighted by atomic mass is 10.3. The molecule has 0 aliphatic carbocycles. The number of benzene rings is 1.